The van der Waals surface area contributed by atoms with Gasteiger partial charge in [-0.3, -0.25) is 4.79 Å². The molecule has 0 amide bonds. The third kappa shape index (κ3) is 3.62. The number of esters is 1. The van der Waals surface area contributed by atoms with E-state index < -0.39 is 0 Å². The van der Waals surface area contributed by atoms with Gasteiger partial charge in [-0.15, -0.1) is 0 Å². The Morgan fingerprint density at radius 2 is 1.50 bits per heavy atom. The number of hydrogen-bond donors (Lipinski definition) is 0. The highest BCUT2D eigenvalue weighted by molar-refractivity contribution is 5.90. The van der Waals surface area contributed by atoms with Crippen LogP contribution in [-0.2, 0) is 28.5 Å². The molecule has 3 rings (SSSR count). The van der Waals surface area contributed by atoms with Crippen molar-refractivity contribution in [1.82, 2.24) is 0 Å². The third-order valence-corrected chi connectivity index (χ3v) is 5.87. The van der Waals surface area contributed by atoms with Gasteiger partial charge in [-0.05, 0) is 45.9 Å². The SMILES string of the molecule is CCc1ccc(C2C(=O)Oc3c2cc(C(C)(C)C)cc3C(C)(C)C)cc1CC. The number of aryl methyl sites for hydroxylation is 2. The Balaban J connectivity index is 2.23. The van der Waals surface area contributed by atoms with E-state index in [1.54, 1.807) is 0 Å². The Hall–Kier alpha value is -2.09. The smallest absolute Gasteiger partial charge is 0.323 e. The molecule has 0 spiro atoms. The van der Waals surface area contributed by atoms with Gasteiger partial charge in [-0.2, -0.15) is 0 Å². The van der Waals surface area contributed by atoms with E-state index in [-0.39, 0.29) is 22.7 Å². The van der Waals surface area contributed by atoms with Crippen LogP contribution >= 0.6 is 0 Å². The predicted molar refractivity (Wildman–Crippen MR) is 117 cm³/mol. The minimum absolute atomic E-state index is 0.00582. The van der Waals surface area contributed by atoms with Crippen molar-refractivity contribution in [3.8, 4) is 5.75 Å². The zero-order valence-electron chi connectivity index (χ0n) is 18.7. The van der Waals surface area contributed by atoms with Crippen molar-refractivity contribution < 1.29 is 9.53 Å². The maximum atomic E-state index is 13.0. The fourth-order valence-electron chi connectivity index (χ4n) is 4.07. The Bertz CT molecular complexity index is 907. The topological polar surface area (TPSA) is 26.3 Å². The quantitative estimate of drug-likeness (QED) is 0.453. The molecule has 28 heavy (non-hydrogen) atoms. The highest BCUT2D eigenvalue weighted by atomic mass is 16.5. The molecule has 0 radical (unpaired) electrons. The van der Waals surface area contributed by atoms with Crippen LogP contribution in [0.3, 0.4) is 0 Å². The van der Waals surface area contributed by atoms with Gasteiger partial charge in [0.2, 0.25) is 0 Å². The van der Waals surface area contributed by atoms with E-state index in [1.165, 1.54) is 16.7 Å². The van der Waals surface area contributed by atoms with E-state index in [0.29, 0.717) is 0 Å². The van der Waals surface area contributed by atoms with Gasteiger partial charge >= 0.3 is 5.97 Å². The highest BCUT2D eigenvalue weighted by Gasteiger charge is 2.39. The number of carbonyl (C=O) groups excluding carboxylic acids is 1. The lowest BCUT2D eigenvalue weighted by Gasteiger charge is -2.27. The lowest BCUT2D eigenvalue weighted by Crippen LogP contribution is -2.17. The molecule has 2 nitrogen and oxygen atoms in total. The second-order valence-corrected chi connectivity index (χ2v) is 10.0. The molecular formula is C26H34O2. The molecule has 2 heteroatoms. The molecule has 0 saturated carbocycles. The van der Waals surface area contributed by atoms with Crippen molar-refractivity contribution in [3.05, 3.63) is 63.7 Å². The zero-order chi connectivity index (χ0) is 20.9. The summed E-state index contributed by atoms with van der Waals surface area (Å²) in [4.78, 5) is 13.0. The lowest BCUT2D eigenvalue weighted by molar-refractivity contribution is -0.133. The van der Waals surface area contributed by atoms with Crippen molar-refractivity contribution in [2.24, 2.45) is 0 Å². The molecular weight excluding hydrogens is 344 g/mol. The van der Waals surface area contributed by atoms with Crippen LogP contribution in [0.4, 0.5) is 0 Å². The highest BCUT2D eigenvalue weighted by Crippen LogP contribution is 2.47. The first-order valence-electron chi connectivity index (χ1n) is 10.5. The van der Waals surface area contributed by atoms with Crippen molar-refractivity contribution in [2.45, 2.75) is 85.0 Å². The van der Waals surface area contributed by atoms with Crippen molar-refractivity contribution in [2.75, 3.05) is 0 Å². The van der Waals surface area contributed by atoms with Crippen LogP contribution in [0.5, 0.6) is 5.75 Å². The molecule has 0 saturated heterocycles. The molecule has 1 heterocycles. The largest absolute Gasteiger partial charge is 0.425 e. The molecule has 0 bridgehead atoms. The van der Waals surface area contributed by atoms with Crippen LogP contribution in [0.25, 0.3) is 0 Å². The van der Waals surface area contributed by atoms with Crippen LogP contribution in [0.15, 0.2) is 30.3 Å². The summed E-state index contributed by atoms with van der Waals surface area (Å²) in [5, 5.41) is 0. The van der Waals surface area contributed by atoms with E-state index in [1.807, 2.05) is 0 Å². The number of fused-ring (bicyclic) bond motifs is 1. The predicted octanol–water partition coefficient (Wildman–Crippen LogP) is 6.46. The van der Waals surface area contributed by atoms with Gasteiger partial charge in [-0.25, -0.2) is 0 Å². The van der Waals surface area contributed by atoms with E-state index in [9.17, 15) is 4.79 Å². The van der Waals surface area contributed by atoms with Crippen LogP contribution in [0, 0.1) is 0 Å². The molecule has 1 aliphatic heterocycles. The maximum Gasteiger partial charge on any atom is 0.323 e. The Labute approximate surface area is 170 Å². The fourth-order valence-corrected chi connectivity index (χ4v) is 4.07. The van der Waals surface area contributed by atoms with Gasteiger partial charge in [0.05, 0.1) is 0 Å². The van der Waals surface area contributed by atoms with Gasteiger partial charge in [0.25, 0.3) is 0 Å². The average Bonchev–Trinajstić information content (AvgIpc) is 2.94. The first kappa shape index (κ1) is 20.6. The fraction of sp³-hybridized carbons (Fsp3) is 0.500. The summed E-state index contributed by atoms with van der Waals surface area (Å²) in [6.45, 7) is 17.6. The number of rotatable bonds is 3. The normalized spacial score (nSPS) is 16.9. The summed E-state index contributed by atoms with van der Waals surface area (Å²) in [5.41, 5.74) is 7.03. The molecule has 0 aliphatic carbocycles. The second-order valence-electron chi connectivity index (χ2n) is 10.0. The molecule has 0 N–H and O–H groups in total. The molecule has 1 atom stereocenters. The monoisotopic (exact) mass is 378 g/mol. The number of hydrogen-bond acceptors (Lipinski definition) is 2. The Kier molecular flexibility index (Phi) is 5.20. The van der Waals surface area contributed by atoms with Gasteiger partial charge in [-0.1, -0.05) is 85.7 Å². The third-order valence-electron chi connectivity index (χ3n) is 5.87. The van der Waals surface area contributed by atoms with E-state index in [4.69, 9.17) is 4.74 Å². The summed E-state index contributed by atoms with van der Waals surface area (Å²) in [6.07, 6.45) is 1.98. The first-order chi connectivity index (χ1) is 13.0. The van der Waals surface area contributed by atoms with Crippen LogP contribution in [0.1, 0.15) is 94.7 Å². The van der Waals surface area contributed by atoms with Gasteiger partial charge < -0.3 is 4.74 Å². The number of benzene rings is 2. The van der Waals surface area contributed by atoms with Gasteiger partial charge in [0.1, 0.15) is 11.7 Å². The molecule has 2 aromatic carbocycles. The van der Waals surface area contributed by atoms with Gasteiger partial charge in [0.15, 0.2) is 0 Å². The summed E-state index contributed by atoms with van der Waals surface area (Å²) in [7, 11) is 0. The maximum absolute atomic E-state index is 13.0. The summed E-state index contributed by atoms with van der Waals surface area (Å²) < 4.78 is 5.89. The number of ether oxygens (including phenoxy) is 1. The molecule has 2 aromatic rings. The first-order valence-corrected chi connectivity index (χ1v) is 10.5. The van der Waals surface area contributed by atoms with Crippen LogP contribution in [-0.4, -0.2) is 5.97 Å². The zero-order valence-corrected chi connectivity index (χ0v) is 18.7. The summed E-state index contributed by atoms with van der Waals surface area (Å²) >= 11 is 0. The minimum Gasteiger partial charge on any atom is -0.425 e. The summed E-state index contributed by atoms with van der Waals surface area (Å²) in [6, 6.07) is 10.9. The standard InChI is InChI=1S/C26H34O2/c1-9-16-11-12-18(13-17(16)10-2)22-20-14-19(25(3,4)5)15-21(26(6,7)8)23(20)28-24(22)27/h11-15,22H,9-10H2,1-8H3. The molecule has 1 aliphatic rings. The molecule has 1 unspecified atom stereocenters. The second kappa shape index (κ2) is 7.06. The van der Waals surface area contributed by atoms with Crippen molar-refractivity contribution in [3.63, 3.8) is 0 Å². The average molecular weight is 379 g/mol. The van der Waals surface area contributed by atoms with E-state index in [2.05, 4.69) is 85.7 Å². The molecule has 0 aromatic heterocycles. The molecule has 150 valence electrons. The van der Waals surface area contributed by atoms with Crippen molar-refractivity contribution >= 4 is 5.97 Å². The summed E-state index contributed by atoms with van der Waals surface area (Å²) in [5.74, 6) is 0.278. The van der Waals surface area contributed by atoms with Gasteiger partial charge in [0, 0.05) is 11.1 Å². The van der Waals surface area contributed by atoms with Crippen molar-refractivity contribution in [1.29, 1.82) is 0 Å². The van der Waals surface area contributed by atoms with Crippen LogP contribution < -0.4 is 4.74 Å². The van der Waals surface area contributed by atoms with Crippen LogP contribution in [0.2, 0.25) is 0 Å². The lowest BCUT2D eigenvalue weighted by atomic mass is 9.77. The Morgan fingerprint density at radius 1 is 0.857 bits per heavy atom. The molecule has 0 fully saturated rings. The van der Waals surface area contributed by atoms with E-state index in [0.717, 1.165) is 35.3 Å². The van der Waals surface area contributed by atoms with E-state index >= 15 is 0 Å². The minimum atomic E-state index is -0.338. The Morgan fingerprint density at radius 3 is 2.04 bits per heavy atom. The number of carbonyl (C=O) groups is 1.